The van der Waals surface area contributed by atoms with Gasteiger partial charge in [0.05, 0.1) is 5.75 Å². The van der Waals surface area contributed by atoms with Crippen molar-refractivity contribution in [3.05, 3.63) is 69.7 Å². The Kier molecular flexibility index (Phi) is 10.6. The Morgan fingerprint density at radius 2 is 1.90 bits per heavy atom. The predicted octanol–water partition coefficient (Wildman–Crippen LogP) is 5.56. The molecule has 2 rings (SSSR count). The third kappa shape index (κ3) is 7.86. The lowest BCUT2D eigenvalue weighted by Gasteiger charge is -2.29. The average Bonchev–Trinajstić information content (AvgIpc) is 2.73. The Morgan fingerprint density at radius 1 is 1.13 bits per heavy atom. The van der Waals surface area contributed by atoms with E-state index in [1.807, 2.05) is 42.5 Å². The van der Waals surface area contributed by atoms with Gasteiger partial charge in [-0.3, -0.25) is 9.59 Å². The van der Waals surface area contributed by atoms with E-state index >= 15 is 0 Å². The summed E-state index contributed by atoms with van der Waals surface area (Å²) in [7, 11) is 0. The largest absolute Gasteiger partial charge is 0.354 e. The highest BCUT2D eigenvalue weighted by Crippen LogP contribution is 2.22. The van der Waals surface area contributed by atoms with Crippen molar-refractivity contribution in [1.82, 2.24) is 10.2 Å². The van der Waals surface area contributed by atoms with E-state index in [9.17, 15) is 9.59 Å². The van der Waals surface area contributed by atoms with Crippen molar-refractivity contribution in [3.8, 4) is 0 Å². The van der Waals surface area contributed by atoms with Crippen LogP contribution in [0.15, 0.2) is 48.5 Å². The second-order valence-electron chi connectivity index (χ2n) is 7.06. The van der Waals surface area contributed by atoms with Gasteiger partial charge in [0, 0.05) is 28.9 Å². The number of hydrogen-bond acceptors (Lipinski definition) is 3. The van der Waals surface area contributed by atoms with Gasteiger partial charge < -0.3 is 10.2 Å². The van der Waals surface area contributed by atoms with E-state index in [0.717, 1.165) is 24.0 Å². The first kappa shape index (κ1) is 24.6. The third-order valence-corrected chi connectivity index (χ3v) is 6.25. The molecule has 1 N–H and O–H groups in total. The number of carbonyl (C=O) groups excluding carboxylic acids is 2. The molecule has 0 unspecified atom stereocenters. The fourth-order valence-electron chi connectivity index (χ4n) is 2.90. The lowest BCUT2D eigenvalue weighted by molar-refractivity contribution is -0.138. The minimum atomic E-state index is -0.575. The van der Waals surface area contributed by atoms with E-state index in [0.29, 0.717) is 28.9 Å². The zero-order valence-corrected chi connectivity index (χ0v) is 19.7. The Morgan fingerprint density at radius 3 is 2.60 bits per heavy atom. The number of halogens is 2. The molecule has 0 aliphatic carbocycles. The lowest BCUT2D eigenvalue weighted by Crippen LogP contribution is -2.48. The van der Waals surface area contributed by atoms with Crippen LogP contribution in [-0.4, -0.2) is 35.1 Å². The molecule has 162 valence electrons. The highest BCUT2D eigenvalue weighted by atomic mass is 35.5. The minimum absolute atomic E-state index is 0.0924. The number of benzene rings is 2. The summed E-state index contributed by atoms with van der Waals surface area (Å²) in [5.74, 6) is 0.659. The number of amides is 2. The van der Waals surface area contributed by atoms with Crippen LogP contribution in [0.1, 0.15) is 37.8 Å². The molecule has 0 aliphatic heterocycles. The van der Waals surface area contributed by atoms with Crippen molar-refractivity contribution >= 4 is 46.8 Å². The summed E-state index contributed by atoms with van der Waals surface area (Å²) < 4.78 is 0. The molecule has 0 aromatic heterocycles. The standard InChI is InChI=1S/C23H28Cl2N2O2S/c1-3-4-12-26-23(29)17(2)27(14-18-8-7-10-20(24)13-18)22(28)16-30-15-19-9-5-6-11-21(19)25/h5-11,13,17H,3-4,12,14-16H2,1-2H3,(H,26,29)/t17-/m0/s1. The molecule has 2 aromatic rings. The second-order valence-corrected chi connectivity index (χ2v) is 8.89. The molecular weight excluding hydrogens is 439 g/mol. The van der Waals surface area contributed by atoms with Gasteiger partial charge in [-0.1, -0.05) is 66.9 Å². The molecule has 0 aliphatic rings. The van der Waals surface area contributed by atoms with Crippen LogP contribution in [0.25, 0.3) is 0 Å². The molecule has 0 radical (unpaired) electrons. The van der Waals surface area contributed by atoms with Crippen LogP contribution in [-0.2, 0) is 21.9 Å². The molecule has 1 atom stereocenters. The predicted molar refractivity (Wildman–Crippen MR) is 127 cm³/mol. The molecular formula is C23H28Cl2N2O2S. The first-order valence-electron chi connectivity index (χ1n) is 10.0. The van der Waals surface area contributed by atoms with Gasteiger partial charge >= 0.3 is 0 Å². The smallest absolute Gasteiger partial charge is 0.242 e. The average molecular weight is 467 g/mol. The van der Waals surface area contributed by atoms with Gasteiger partial charge in [0.1, 0.15) is 6.04 Å². The first-order chi connectivity index (χ1) is 14.4. The molecule has 0 heterocycles. The molecule has 0 saturated carbocycles. The summed E-state index contributed by atoms with van der Waals surface area (Å²) in [5.41, 5.74) is 1.88. The van der Waals surface area contributed by atoms with Crippen molar-refractivity contribution in [2.75, 3.05) is 12.3 Å². The lowest BCUT2D eigenvalue weighted by atomic mass is 10.1. The fraction of sp³-hybridized carbons (Fsp3) is 0.391. The van der Waals surface area contributed by atoms with Gasteiger partial charge in [-0.05, 0) is 42.7 Å². The zero-order valence-electron chi connectivity index (χ0n) is 17.4. The summed E-state index contributed by atoms with van der Waals surface area (Å²) >= 11 is 13.8. The maximum atomic E-state index is 13.0. The number of thioether (sulfide) groups is 1. The fourth-order valence-corrected chi connectivity index (χ4v) is 4.31. The molecule has 0 bridgehead atoms. The number of nitrogens with one attached hydrogen (secondary N) is 1. The number of nitrogens with zero attached hydrogens (tertiary/aromatic N) is 1. The number of unbranched alkanes of at least 4 members (excludes halogenated alkanes) is 1. The van der Waals surface area contributed by atoms with Gasteiger partial charge in [-0.15, -0.1) is 11.8 Å². The molecule has 7 heteroatoms. The maximum Gasteiger partial charge on any atom is 0.242 e. The van der Waals surface area contributed by atoms with E-state index in [1.165, 1.54) is 11.8 Å². The maximum absolute atomic E-state index is 13.0. The van der Waals surface area contributed by atoms with Crippen LogP contribution in [0.3, 0.4) is 0 Å². The van der Waals surface area contributed by atoms with Crippen LogP contribution in [0.5, 0.6) is 0 Å². The van der Waals surface area contributed by atoms with E-state index in [4.69, 9.17) is 23.2 Å². The van der Waals surface area contributed by atoms with Crippen molar-refractivity contribution in [1.29, 1.82) is 0 Å². The Bertz CT molecular complexity index is 847. The Balaban J connectivity index is 2.05. The monoisotopic (exact) mass is 466 g/mol. The van der Waals surface area contributed by atoms with Crippen LogP contribution >= 0.6 is 35.0 Å². The van der Waals surface area contributed by atoms with Crippen molar-refractivity contribution < 1.29 is 9.59 Å². The summed E-state index contributed by atoms with van der Waals surface area (Å²) in [6, 6.07) is 14.4. The topological polar surface area (TPSA) is 49.4 Å². The summed E-state index contributed by atoms with van der Waals surface area (Å²) in [5, 5.41) is 4.22. The highest BCUT2D eigenvalue weighted by Gasteiger charge is 2.26. The molecule has 0 fully saturated rings. The quantitative estimate of drug-likeness (QED) is 0.440. The van der Waals surface area contributed by atoms with Crippen molar-refractivity contribution in [2.45, 2.75) is 45.0 Å². The van der Waals surface area contributed by atoms with Crippen LogP contribution in [0.4, 0.5) is 0 Å². The van der Waals surface area contributed by atoms with Crippen molar-refractivity contribution in [2.24, 2.45) is 0 Å². The molecule has 2 aromatic carbocycles. The number of hydrogen-bond donors (Lipinski definition) is 1. The Labute approximate surface area is 193 Å². The minimum Gasteiger partial charge on any atom is -0.354 e. The van der Waals surface area contributed by atoms with E-state index < -0.39 is 6.04 Å². The normalized spacial score (nSPS) is 11.7. The molecule has 30 heavy (non-hydrogen) atoms. The number of rotatable bonds is 11. The van der Waals surface area contributed by atoms with Crippen LogP contribution in [0.2, 0.25) is 10.0 Å². The van der Waals surface area contributed by atoms with E-state index in [2.05, 4.69) is 12.2 Å². The van der Waals surface area contributed by atoms with Gasteiger partial charge in [0.25, 0.3) is 0 Å². The van der Waals surface area contributed by atoms with Crippen LogP contribution < -0.4 is 5.32 Å². The third-order valence-electron chi connectivity index (χ3n) is 4.68. The first-order valence-corrected chi connectivity index (χ1v) is 12.0. The second kappa shape index (κ2) is 12.9. The van der Waals surface area contributed by atoms with E-state index in [1.54, 1.807) is 17.9 Å². The van der Waals surface area contributed by atoms with Gasteiger partial charge in [0.2, 0.25) is 11.8 Å². The van der Waals surface area contributed by atoms with Gasteiger partial charge in [-0.2, -0.15) is 0 Å². The van der Waals surface area contributed by atoms with Crippen molar-refractivity contribution in [3.63, 3.8) is 0 Å². The molecule has 4 nitrogen and oxygen atoms in total. The highest BCUT2D eigenvalue weighted by molar-refractivity contribution is 7.99. The molecule has 2 amide bonds. The zero-order chi connectivity index (χ0) is 21.9. The summed E-state index contributed by atoms with van der Waals surface area (Å²) in [6.45, 7) is 4.78. The van der Waals surface area contributed by atoms with Crippen LogP contribution in [0, 0.1) is 0 Å². The molecule has 0 saturated heterocycles. The van der Waals surface area contributed by atoms with E-state index in [-0.39, 0.29) is 17.6 Å². The number of carbonyl (C=O) groups is 2. The summed E-state index contributed by atoms with van der Waals surface area (Å²) in [4.78, 5) is 27.3. The SMILES string of the molecule is CCCCNC(=O)[C@H](C)N(Cc1cccc(Cl)c1)C(=O)CSCc1ccccc1Cl. The molecule has 0 spiro atoms. The van der Waals surface area contributed by atoms with Gasteiger partial charge in [-0.25, -0.2) is 0 Å². The Hall–Kier alpha value is -1.69. The van der Waals surface area contributed by atoms with Gasteiger partial charge in [0.15, 0.2) is 0 Å². The summed E-state index contributed by atoms with van der Waals surface area (Å²) in [6.07, 6.45) is 1.91.